The van der Waals surface area contributed by atoms with E-state index in [1.54, 1.807) is 6.20 Å². The van der Waals surface area contributed by atoms with Gasteiger partial charge in [0.05, 0.1) is 16.9 Å². The minimum atomic E-state index is 0.675. The van der Waals surface area contributed by atoms with E-state index in [9.17, 15) is 0 Å². The fourth-order valence-electron chi connectivity index (χ4n) is 1.92. The van der Waals surface area contributed by atoms with Crippen molar-refractivity contribution < 1.29 is 0 Å². The molecule has 0 fully saturated rings. The number of nitrogens with one attached hydrogen (secondary N) is 2. The van der Waals surface area contributed by atoms with Crippen LogP contribution in [-0.4, -0.2) is 21.4 Å². The summed E-state index contributed by atoms with van der Waals surface area (Å²) < 4.78 is 1.91. The van der Waals surface area contributed by atoms with Crippen LogP contribution in [0.4, 0.5) is 0 Å². The monoisotopic (exact) mass is 322 g/mol. The van der Waals surface area contributed by atoms with E-state index in [1.165, 1.54) is 5.56 Å². The van der Waals surface area contributed by atoms with Gasteiger partial charge in [0.1, 0.15) is 0 Å². The highest BCUT2D eigenvalue weighted by Crippen LogP contribution is 2.13. The lowest BCUT2D eigenvalue weighted by Crippen LogP contribution is -2.35. The second-order valence-electron chi connectivity index (χ2n) is 4.75. The minimum Gasteiger partial charge on any atom is -0.363 e. The largest absolute Gasteiger partial charge is 0.363 e. The van der Waals surface area contributed by atoms with Gasteiger partial charge in [-0.3, -0.25) is 4.68 Å². The van der Waals surface area contributed by atoms with Gasteiger partial charge in [0, 0.05) is 19.6 Å². The van der Waals surface area contributed by atoms with Crippen molar-refractivity contribution in [2.45, 2.75) is 26.4 Å². The molecule has 2 aromatic rings. The molecule has 0 bridgehead atoms. The molecule has 2 rings (SSSR count). The van der Waals surface area contributed by atoms with Gasteiger partial charge in [0.15, 0.2) is 5.11 Å². The summed E-state index contributed by atoms with van der Waals surface area (Å²) in [6.45, 7) is 4.33. The summed E-state index contributed by atoms with van der Waals surface area (Å²) in [5.74, 6) is 0. The van der Waals surface area contributed by atoms with E-state index >= 15 is 0 Å². The molecule has 0 amide bonds. The summed E-state index contributed by atoms with van der Waals surface area (Å²) in [5, 5.41) is 12.0. The molecule has 0 atom stereocenters. The molecule has 0 radical (unpaired) electrons. The molecule has 1 heterocycles. The molecule has 0 aliphatic rings. The Morgan fingerprint density at radius 3 is 2.71 bits per heavy atom. The van der Waals surface area contributed by atoms with Gasteiger partial charge in [-0.1, -0.05) is 41.9 Å². The highest BCUT2D eigenvalue weighted by Gasteiger charge is 2.03. The van der Waals surface area contributed by atoms with Crippen LogP contribution in [0.1, 0.15) is 17.7 Å². The number of hydrogen-bond donors (Lipinski definition) is 2. The van der Waals surface area contributed by atoms with Gasteiger partial charge >= 0.3 is 0 Å². The van der Waals surface area contributed by atoms with Crippen molar-refractivity contribution in [2.75, 3.05) is 6.54 Å². The van der Waals surface area contributed by atoms with E-state index in [4.69, 9.17) is 23.8 Å². The zero-order chi connectivity index (χ0) is 15.1. The van der Waals surface area contributed by atoms with E-state index in [0.717, 1.165) is 31.7 Å². The SMILES string of the molecule is Cc1c(Cl)cnn1CCCNC(=S)NCc1ccccc1. The third-order valence-electron chi connectivity index (χ3n) is 3.17. The number of nitrogens with zero attached hydrogens (tertiary/aromatic N) is 2. The van der Waals surface area contributed by atoms with Crippen molar-refractivity contribution in [1.82, 2.24) is 20.4 Å². The summed E-state index contributed by atoms with van der Waals surface area (Å²) in [7, 11) is 0. The van der Waals surface area contributed by atoms with Gasteiger partial charge in [-0.25, -0.2) is 0 Å². The molecule has 21 heavy (non-hydrogen) atoms. The number of thiocarbonyl (C=S) groups is 1. The predicted molar refractivity (Wildman–Crippen MR) is 90.5 cm³/mol. The maximum atomic E-state index is 5.96. The lowest BCUT2D eigenvalue weighted by molar-refractivity contribution is 0.559. The van der Waals surface area contributed by atoms with E-state index in [0.29, 0.717) is 10.1 Å². The Hall–Kier alpha value is -1.59. The topological polar surface area (TPSA) is 41.9 Å². The fourth-order valence-corrected chi connectivity index (χ4v) is 2.24. The van der Waals surface area contributed by atoms with Crippen LogP contribution in [0.15, 0.2) is 36.5 Å². The first-order chi connectivity index (χ1) is 10.2. The number of halogens is 1. The number of aromatic nitrogens is 2. The summed E-state index contributed by atoms with van der Waals surface area (Å²) in [4.78, 5) is 0. The Labute approximate surface area is 135 Å². The van der Waals surface area contributed by atoms with E-state index in [-0.39, 0.29) is 0 Å². The standard InChI is InChI=1S/C15H19ClN4S/c1-12-14(16)11-19-20(12)9-5-8-17-15(21)18-10-13-6-3-2-4-7-13/h2-4,6-7,11H,5,8-10H2,1H3,(H2,17,18,21). The molecule has 0 saturated carbocycles. The second-order valence-corrected chi connectivity index (χ2v) is 5.57. The highest BCUT2D eigenvalue weighted by atomic mass is 35.5. The average Bonchev–Trinajstić information content (AvgIpc) is 2.82. The van der Waals surface area contributed by atoms with Gasteiger partial charge < -0.3 is 10.6 Å². The van der Waals surface area contributed by atoms with Crippen LogP contribution in [0, 0.1) is 6.92 Å². The van der Waals surface area contributed by atoms with Crippen molar-refractivity contribution in [3.05, 3.63) is 52.8 Å². The van der Waals surface area contributed by atoms with Crippen molar-refractivity contribution in [3.63, 3.8) is 0 Å². The lowest BCUT2D eigenvalue weighted by Gasteiger charge is -2.11. The zero-order valence-electron chi connectivity index (χ0n) is 12.0. The van der Waals surface area contributed by atoms with Crippen molar-refractivity contribution in [2.24, 2.45) is 0 Å². The Bertz CT molecular complexity index is 583. The molecule has 0 unspecified atom stereocenters. The number of rotatable bonds is 6. The Morgan fingerprint density at radius 2 is 2.05 bits per heavy atom. The molecule has 1 aromatic heterocycles. The Balaban J connectivity index is 1.62. The maximum Gasteiger partial charge on any atom is 0.166 e. The zero-order valence-corrected chi connectivity index (χ0v) is 13.5. The van der Waals surface area contributed by atoms with Gasteiger partial charge in [-0.2, -0.15) is 5.10 Å². The van der Waals surface area contributed by atoms with Gasteiger partial charge in [0.2, 0.25) is 0 Å². The van der Waals surface area contributed by atoms with E-state index in [1.807, 2.05) is 29.8 Å². The molecular formula is C15H19ClN4S. The number of hydrogen-bond acceptors (Lipinski definition) is 2. The van der Waals surface area contributed by atoms with Crippen LogP contribution in [0.2, 0.25) is 5.02 Å². The molecule has 2 N–H and O–H groups in total. The first kappa shape index (κ1) is 15.8. The molecule has 0 spiro atoms. The summed E-state index contributed by atoms with van der Waals surface area (Å²) in [6, 6.07) is 10.2. The van der Waals surface area contributed by atoms with Crippen molar-refractivity contribution >= 4 is 28.9 Å². The maximum absolute atomic E-state index is 5.96. The lowest BCUT2D eigenvalue weighted by atomic mass is 10.2. The smallest absolute Gasteiger partial charge is 0.166 e. The molecule has 112 valence electrons. The molecule has 1 aromatic carbocycles. The summed E-state index contributed by atoms with van der Waals surface area (Å²) in [6.07, 6.45) is 2.61. The predicted octanol–water partition coefficient (Wildman–Crippen LogP) is 2.90. The van der Waals surface area contributed by atoms with Crippen LogP contribution in [0.5, 0.6) is 0 Å². The molecular weight excluding hydrogens is 304 g/mol. The molecule has 0 saturated heterocycles. The summed E-state index contributed by atoms with van der Waals surface area (Å²) in [5.41, 5.74) is 2.21. The Kier molecular flexibility index (Phi) is 6.02. The highest BCUT2D eigenvalue weighted by molar-refractivity contribution is 7.80. The van der Waals surface area contributed by atoms with Crippen LogP contribution in [0.25, 0.3) is 0 Å². The number of aryl methyl sites for hydroxylation is 1. The fraction of sp³-hybridized carbons (Fsp3) is 0.333. The van der Waals surface area contributed by atoms with Gasteiger partial charge in [0.25, 0.3) is 0 Å². The Morgan fingerprint density at radius 1 is 1.29 bits per heavy atom. The normalized spacial score (nSPS) is 10.4. The minimum absolute atomic E-state index is 0.675. The van der Waals surface area contributed by atoms with Crippen molar-refractivity contribution in [1.29, 1.82) is 0 Å². The van der Waals surface area contributed by atoms with Crippen LogP contribution in [-0.2, 0) is 13.1 Å². The second kappa shape index (κ2) is 8.00. The van der Waals surface area contributed by atoms with Gasteiger partial charge in [-0.15, -0.1) is 0 Å². The van der Waals surface area contributed by atoms with Gasteiger partial charge in [-0.05, 0) is 31.1 Å². The third kappa shape index (κ3) is 5.02. The molecule has 4 nitrogen and oxygen atoms in total. The first-order valence-corrected chi connectivity index (χ1v) is 7.69. The average molecular weight is 323 g/mol. The molecule has 0 aliphatic heterocycles. The van der Waals surface area contributed by atoms with Crippen LogP contribution < -0.4 is 10.6 Å². The van der Waals surface area contributed by atoms with Crippen LogP contribution >= 0.6 is 23.8 Å². The number of benzene rings is 1. The van der Waals surface area contributed by atoms with Crippen LogP contribution in [0.3, 0.4) is 0 Å². The quantitative estimate of drug-likeness (QED) is 0.634. The summed E-state index contributed by atoms with van der Waals surface area (Å²) >= 11 is 11.2. The first-order valence-electron chi connectivity index (χ1n) is 6.90. The van der Waals surface area contributed by atoms with E-state index in [2.05, 4.69) is 27.9 Å². The third-order valence-corrected chi connectivity index (χ3v) is 3.83. The molecule has 6 heteroatoms. The van der Waals surface area contributed by atoms with E-state index < -0.39 is 0 Å². The molecule has 0 aliphatic carbocycles. The van der Waals surface area contributed by atoms with Crippen molar-refractivity contribution in [3.8, 4) is 0 Å².